The molecule has 1 aliphatic heterocycles. The smallest absolute Gasteiger partial charge is 0.413 e. The second kappa shape index (κ2) is 5.01. The van der Waals surface area contributed by atoms with Crippen molar-refractivity contribution in [1.29, 1.82) is 0 Å². The SMILES string of the molecule is Cc1c(P)c(P)cc2c1NC(C(F)(F)F)C(C(=O)O)=C2. The number of rotatable bonds is 1. The fourth-order valence-electron chi connectivity index (χ4n) is 2.11. The summed E-state index contributed by atoms with van der Waals surface area (Å²) in [5.41, 5.74) is 0.697. The van der Waals surface area contributed by atoms with E-state index in [9.17, 15) is 18.0 Å². The average molecular weight is 321 g/mol. The summed E-state index contributed by atoms with van der Waals surface area (Å²) in [5, 5.41) is 12.8. The lowest BCUT2D eigenvalue weighted by Crippen LogP contribution is -2.42. The van der Waals surface area contributed by atoms with E-state index in [1.165, 1.54) is 0 Å². The van der Waals surface area contributed by atoms with Gasteiger partial charge in [-0.05, 0) is 40.8 Å². The Bertz CT molecular complexity index is 626. The van der Waals surface area contributed by atoms with Gasteiger partial charge >= 0.3 is 12.1 Å². The molecule has 20 heavy (non-hydrogen) atoms. The van der Waals surface area contributed by atoms with Crippen LogP contribution in [0.5, 0.6) is 0 Å². The second-order valence-electron chi connectivity index (χ2n) is 4.49. The van der Waals surface area contributed by atoms with Gasteiger partial charge in [0.25, 0.3) is 0 Å². The number of hydrogen-bond donors (Lipinski definition) is 2. The molecule has 2 rings (SSSR count). The molecule has 3 atom stereocenters. The molecule has 3 nitrogen and oxygen atoms in total. The first-order valence-electron chi connectivity index (χ1n) is 5.59. The topological polar surface area (TPSA) is 49.3 Å². The number of anilines is 1. The summed E-state index contributed by atoms with van der Waals surface area (Å²) >= 11 is 0. The Morgan fingerprint density at radius 2 is 2.00 bits per heavy atom. The Hall–Kier alpha value is -1.12. The van der Waals surface area contributed by atoms with E-state index in [1.807, 2.05) is 0 Å². The Morgan fingerprint density at radius 1 is 1.40 bits per heavy atom. The number of halogens is 3. The van der Waals surface area contributed by atoms with Gasteiger partial charge < -0.3 is 10.4 Å². The van der Waals surface area contributed by atoms with Gasteiger partial charge in [-0.2, -0.15) is 13.2 Å². The number of benzene rings is 1. The van der Waals surface area contributed by atoms with Crippen LogP contribution in [0, 0.1) is 6.92 Å². The quantitative estimate of drug-likeness (QED) is 0.776. The second-order valence-corrected chi connectivity index (χ2v) is 5.69. The Morgan fingerprint density at radius 3 is 2.50 bits per heavy atom. The third kappa shape index (κ3) is 2.55. The van der Waals surface area contributed by atoms with E-state index in [0.717, 1.165) is 16.7 Å². The van der Waals surface area contributed by atoms with Crippen molar-refractivity contribution in [2.24, 2.45) is 0 Å². The molecule has 0 aliphatic carbocycles. The van der Waals surface area contributed by atoms with Crippen LogP contribution in [0.3, 0.4) is 0 Å². The zero-order chi connectivity index (χ0) is 15.2. The largest absolute Gasteiger partial charge is 0.478 e. The van der Waals surface area contributed by atoms with Crippen molar-refractivity contribution in [2.45, 2.75) is 19.1 Å². The minimum absolute atomic E-state index is 0.313. The molecular formula is C12H12F3NO2P2. The first-order valence-corrected chi connectivity index (χ1v) is 6.75. The van der Waals surface area contributed by atoms with Crippen LogP contribution in [0.15, 0.2) is 11.6 Å². The van der Waals surface area contributed by atoms with Gasteiger partial charge in [0.2, 0.25) is 0 Å². The van der Waals surface area contributed by atoms with Gasteiger partial charge in [0.05, 0.1) is 5.57 Å². The van der Waals surface area contributed by atoms with Gasteiger partial charge in [-0.3, -0.25) is 0 Å². The van der Waals surface area contributed by atoms with Crippen molar-refractivity contribution in [3.05, 3.63) is 22.8 Å². The summed E-state index contributed by atoms with van der Waals surface area (Å²) in [4.78, 5) is 11.0. The highest BCUT2D eigenvalue weighted by Crippen LogP contribution is 2.36. The number of carboxylic acids is 1. The van der Waals surface area contributed by atoms with Crippen LogP contribution < -0.4 is 15.9 Å². The van der Waals surface area contributed by atoms with E-state index >= 15 is 0 Å². The molecule has 8 heteroatoms. The zero-order valence-electron chi connectivity index (χ0n) is 10.4. The molecule has 0 radical (unpaired) electrons. The molecule has 1 aromatic carbocycles. The molecule has 0 spiro atoms. The highest BCUT2D eigenvalue weighted by Gasteiger charge is 2.46. The van der Waals surface area contributed by atoms with E-state index in [0.29, 0.717) is 16.8 Å². The maximum atomic E-state index is 13.0. The maximum Gasteiger partial charge on any atom is 0.413 e. The molecule has 0 saturated carbocycles. The van der Waals surface area contributed by atoms with Gasteiger partial charge in [-0.1, -0.05) is 0 Å². The summed E-state index contributed by atoms with van der Waals surface area (Å²) in [6, 6.07) is -0.566. The highest BCUT2D eigenvalue weighted by atomic mass is 31.0. The molecule has 3 unspecified atom stereocenters. The summed E-state index contributed by atoms with van der Waals surface area (Å²) in [6.45, 7) is 1.69. The fourth-order valence-corrected chi connectivity index (χ4v) is 2.73. The third-order valence-corrected chi connectivity index (χ3v) is 4.75. The Balaban J connectivity index is 2.66. The Labute approximate surface area is 118 Å². The molecule has 2 N–H and O–H groups in total. The van der Waals surface area contributed by atoms with Crippen molar-refractivity contribution in [3.63, 3.8) is 0 Å². The molecule has 1 aliphatic rings. The standard InChI is InChI=1S/C12H12F3NO2P2/c1-4-8-5(3-7(19)9(4)20)2-6(11(17)18)10(16-8)12(13,14)15/h2-3,10,16H,19-20H2,1H3,(H,17,18). The molecule has 0 aromatic heterocycles. The molecule has 1 heterocycles. The number of aliphatic carboxylic acids is 1. The summed E-state index contributed by atoms with van der Waals surface area (Å²) in [6.07, 6.45) is -3.59. The number of alkyl halides is 3. The molecule has 0 amide bonds. The molecule has 0 fully saturated rings. The highest BCUT2D eigenvalue weighted by molar-refractivity contribution is 7.36. The lowest BCUT2D eigenvalue weighted by molar-refractivity contribution is -0.146. The van der Waals surface area contributed by atoms with E-state index in [1.54, 1.807) is 13.0 Å². The average Bonchev–Trinajstić information content (AvgIpc) is 2.33. The third-order valence-electron chi connectivity index (χ3n) is 3.17. The molecule has 0 bridgehead atoms. The molecule has 0 saturated heterocycles. The summed E-state index contributed by atoms with van der Waals surface area (Å²) < 4.78 is 38.9. The normalized spacial score (nSPS) is 18.1. The van der Waals surface area contributed by atoms with E-state index in [-0.39, 0.29) is 0 Å². The van der Waals surface area contributed by atoms with Gasteiger partial charge in [0.15, 0.2) is 6.04 Å². The number of carbonyl (C=O) groups is 1. The fraction of sp³-hybridized carbons (Fsp3) is 0.250. The van der Waals surface area contributed by atoms with E-state index in [4.69, 9.17) is 5.11 Å². The van der Waals surface area contributed by atoms with Crippen LogP contribution in [0.2, 0.25) is 0 Å². The van der Waals surface area contributed by atoms with Crippen LogP contribution in [0.1, 0.15) is 11.1 Å². The first-order chi connectivity index (χ1) is 9.12. The Kier molecular flexibility index (Phi) is 3.83. The number of nitrogens with one attached hydrogen (secondary N) is 1. The van der Waals surface area contributed by atoms with Gasteiger partial charge in [-0.15, -0.1) is 18.5 Å². The summed E-state index contributed by atoms with van der Waals surface area (Å²) in [7, 11) is 4.94. The first kappa shape index (κ1) is 15.3. The zero-order valence-corrected chi connectivity index (χ0v) is 12.7. The van der Waals surface area contributed by atoms with Crippen LogP contribution in [-0.2, 0) is 4.79 Å². The van der Waals surface area contributed by atoms with Gasteiger partial charge in [0, 0.05) is 5.69 Å². The minimum Gasteiger partial charge on any atom is -0.478 e. The number of hydrogen-bond acceptors (Lipinski definition) is 2. The van der Waals surface area contributed by atoms with Crippen LogP contribution in [0.25, 0.3) is 6.08 Å². The molecular weight excluding hydrogens is 309 g/mol. The summed E-state index contributed by atoms with van der Waals surface area (Å²) in [5.74, 6) is -1.58. The predicted molar refractivity (Wildman–Crippen MR) is 78.9 cm³/mol. The minimum atomic E-state index is -4.67. The monoisotopic (exact) mass is 321 g/mol. The lowest BCUT2D eigenvalue weighted by atomic mass is 9.95. The van der Waals surface area contributed by atoms with Crippen molar-refractivity contribution in [1.82, 2.24) is 0 Å². The van der Waals surface area contributed by atoms with Crippen molar-refractivity contribution in [3.8, 4) is 0 Å². The maximum absolute atomic E-state index is 13.0. The molecule has 108 valence electrons. The van der Waals surface area contributed by atoms with Crippen molar-refractivity contribution >= 4 is 46.8 Å². The number of carboxylic acid groups (broad SMARTS) is 1. The van der Waals surface area contributed by atoms with Crippen LogP contribution in [-0.4, -0.2) is 23.3 Å². The number of fused-ring (bicyclic) bond motifs is 1. The van der Waals surface area contributed by atoms with E-state index < -0.39 is 23.8 Å². The lowest BCUT2D eigenvalue weighted by Gasteiger charge is -2.30. The predicted octanol–water partition coefficient (Wildman–Crippen LogP) is 1.82. The van der Waals surface area contributed by atoms with Crippen LogP contribution in [0.4, 0.5) is 18.9 Å². The molecule has 1 aromatic rings. The van der Waals surface area contributed by atoms with E-state index in [2.05, 4.69) is 23.8 Å². The van der Waals surface area contributed by atoms with Crippen LogP contribution >= 0.6 is 18.5 Å². The van der Waals surface area contributed by atoms with Crippen molar-refractivity contribution < 1.29 is 23.1 Å². The van der Waals surface area contributed by atoms with Gasteiger partial charge in [0.1, 0.15) is 0 Å². The van der Waals surface area contributed by atoms with Gasteiger partial charge in [-0.25, -0.2) is 4.79 Å². The van der Waals surface area contributed by atoms with Crippen molar-refractivity contribution in [2.75, 3.05) is 5.32 Å².